The lowest BCUT2D eigenvalue weighted by Crippen LogP contribution is -2.44. The lowest BCUT2D eigenvalue weighted by atomic mass is 10.0. The Morgan fingerprint density at radius 2 is 2.04 bits per heavy atom. The Morgan fingerprint density at radius 1 is 1.28 bits per heavy atom. The van der Waals surface area contributed by atoms with Gasteiger partial charge in [0, 0.05) is 17.0 Å². The molecule has 0 saturated heterocycles. The highest BCUT2D eigenvalue weighted by atomic mass is 32.1. The first-order valence-corrected chi connectivity index (χ1v) is 9.35. The summed E-state index contributed by atoms with van der Waals surface area (Å²) in [7, 11) is 0. The van der Waals surface area contributed by atoms with Gasteiger partial charge in [0.2, 0.25) is 5.91 Å². The smallest absolute Gasteiger partial charge is 0.251 e. The van der Waals surface area contributed by atoms with Crippen molar-refractivity contribution in [1.29, 1.82) is 0 Å². The average molecular weight is 358 g/mol. The van der Waals surface area contributed by atoms with Crippen molar-refractivity contribution in [3.05, 3.63) is 51.7 Å². The van der Waals surface area contributed by atoms with E-state index in [2.05, 4.69) is 16.8 Å². The van der Waals surface area contributed by atoms with Crippen LogP contribution in [-0.4, -0.2) is 36.4 Å². The third kappa shape index (κ3) is 3.85. The molecule has 1 N–H and O–H groups in total. The van der Waals surface area contributed by atoms with Crippen molar-refractivity contribution in [2.45, 2.75) is 26.3 Å². The molecule has 2 amide bonds. The summed E-state index contributed by atoms with van der Waals surface area (Å²) in [6, 6.07) is 9.06. The number of ether oxygens (including phenoxy) is 1. The van der Waals surface area contributed by atoms with Crippen molar-refractivity contribution in [3.63, 3.8) is 0 Å². The molecule has 0 spiro atoms. The Balaban J connectivity index is 1.56. The number of thiophene rings is 1. The number of hydrogen-bond donors (Lipinski definition) is 1. The molecule has 0 radical (unpaired) electrons. The summed E-state index contributed by atoms with van der Waals surface area (Å²) >= 11 is 1.74. The molecular weight excluding hydrogens is 336 g/mol. The molecule has 1 aromatic carbocycles. The maximum absolute atomic E-state index is 12.5. The summed E-state index contributed by atoms with van der Waals surface area (Å²) in [6.45, 7) is 5.24. The largest absolute Gasteiger partial charge is 0.494 e. The molecule has 2 aromatic rings. The van der Waals surface area contributed by atoms with Crippen LogP contribution >= 0.6 is 11.3 Å². The van der Waals surface area contributed by atoms with Crippen LogP contribution in [0.1, 0.15) is 40.7 Å². The third-order valence-electron chi connectivity index (χ3n) is 4.43. The minimum absolute atomic E-state index is 0.00978. The highest BCUT2D eigenvalue weighted by Gasteiger charge is 2.28. The zero-order valence-corrected chi connectivity index (χ0v) is 15.3. The van der Waals surface area contributed by atoms with Crippen molar-refractivity contribution in [3.8, 4) is 5.75 Å². The first kappa shape index (κ1) is 17.5. The molecule has 0 saturated carbocycles. The van der Waals surface area contributed by atoms with E-state index in [1.165, 1.54) is 10.4 Å². The van der Waals surface area contributed by atoms with Crippen molar-refractivity contribution >= 4 is 23.2 Å². The lowest BCUT2D eigenvalue weighted by Gasteiger charge is -2.33. The summed E-state index contributed by atoms with van der Waals surface area (Å²) in [6.07, 6.45) is 0.885. The molecule has 1 atom stereocenters. The minimum Gasteiger partial charge on any atom is -0.494 e. The van der Waals surface area contributed by atoms with Gasteiger partial charge in [-0.3, -0.25) is 9.59 Å². The van der Waals surface area contributed by atoms with Gasteiger partial charge in [0.15, 0.2) is 0 Å². The van der Waals surface area contributed by atoms with Gasteiger partial charge in [0.1, 0.15) is 5.75 Å². The molecule has 0 fully saturated rings. The number of carbonyl (C=O) groups is 2. The molecule has 1 aromatic heterocycles. The van der Waals surface area contributed by atoms with E-state index < -0.39 is 0 Å². The van der Waals surface area contributed by atoms with E-state index in [0.717, 1.165) is 12.2 Å². The van der Waals surface area contributed by atoms with Gasteiger partial charge in [0.25, 0.3) is 5.91 Å². The van der Waals surface area contributed by atoms with Gasteiger partial charge in [-0.05, 0) is 61.5 Å². The molecule has 0 unspecified atom stereocenters. The molecule has 132 valence electrons. The first-order valence-electron chi connectivity index (χ1n) is 8.47. The Labute approximate surface area is 151 Å². The van der Waals surface area contributed by atoms with E-state index >= 15 is 0 Å². The molecule has 25 heavy (non-hydrogen) atoms. The summed E-state index contributed by atoms with van der Waals surface area (Å²) < 4.78 is 5.36. The maximum Gasteiger partial charge on any atom is 0.251 e. The molecule has 5 nitrogen and oxygen atoms in total. The Morgan fingerprint density at radius 3 is 2.76 bits per heavy atom. The van der Waals surface area contributed by atoms with Gasteiger partial charge in [0.05, 0.1) is 19.2 Å². The number of benzene rings is 1. The van der Waals surface area contributed by atoms with Crippen LogP contribution in [0.3, 0.4) is 0 Å². The number of fused-ring (bicyclic) bond motifs is 1. The van der Waals surface area contributed by atoms with Crippen LogP contribution in [0, 0.1) is 0 Å². The van der Waals surface area contributed by atoms with Gasteiger partial charge in [-0.2, -0.15) is 0 Å². The maximum atomic E-state index is 12.5. The van der Waals surface area contributed by atoms with E-state index in [-0.39, 0.29) is 24.4 Å². The summed E-state index contributed by atoms with van der Waals surface area (Å²) in [5, 5.41) is 4.79. The Kier molecular flexibility index (Phi) is 5.38. The summed E-state index contributed by atoms with van der Waals surface area (Å²) in [4.78, 5) is 27.9. The van der Waals surface area contributed by atoms with E-state index in [9.17, 15) is 9.59 Å². The third-order valence-corrected chi connectivity index (χ3v) is 5.42. The van der Waals surface area contributed by atoms with Crippen molar-refractivity contribution in [1.82, 2.24) is 10.2 Å². The van der Waals surface area contributed by atoms with Gasteiger partial charge in [-0.15, -0.1) is 11.3 Å². The van der Waals surface area contributed by atoms with E-state index in [1.807, 2.05) is 18.7 Å². The second kappa shape index (κ2) is 7.70. The normalized spacial score (nSPS) is 16.2. The predicted octanol–water partition coefficient (Wildman–Crippen LogP) is 3.02. The molecule has 1 aliphatic rings. The SMILES string of the molecule is CCOc1ccc(C(=O)NCC(=O)N2CCc3sccc3[C@@H]2C)cc1. The van der Waals surface area contributed by atoms with Crippen LogP contribution in [0.15, 0.2) is 35.7 Å². The standard InChI is InChI=1S/C19H22N2O3S/c1-3-24-15-6-4-14(5-7-15)19(23)20-12-18(22)21-10-8-17-16(13(21)2)9-11-25-17/h4-7,9,11,13H,3,8,10,12H2,1-2H3,(H,20,23)/t13-/m0/s1. The van der Waals surface area contributed by atoms with Crippen molar-refractivity contribution in [2.24, 2.45) is 0 Å². The number of rotatable bonds is 5. The molecular formula is C19H22N2O3S. The minimum atomic E-state index is -0.253. The van der Waals surface area contributed by atoms with E-state index in [4.69, 9.17) is 4.74 Å². The number of nitrogens with zero attached hydrogens (tertiary/aromatic N) is 1. The molecule has 6 heteroatoms. The summed E-state index contributed by atoms with van der Waals surface area (Å²) in [5.74, 6) is 0.421. The second-order valence-electron chi connectivity index (χ2n) is 5.95. The predicted molar refractivity (Wildman–Crippen MR) is 98.1 cm³/mol. The number of hydrogen-bond acceptors (Lipinski definition) is 4. The van der Waals surface area contributed by atoms with E-state index in [1.54, 1.807) is 35.6 Å². The van der Waals surface area contributed by atoms with Crippen LogP contribution in [-0.2, 0) is 11.2 Å². The highest BCUT2D eigenvalue weighted by molar-refractivity contribution is 7.10. The van der Waals surface area contributed by atoms with Gasteiger partial charge in [-0.25, -0.2) is 0 Å². The zero-order chi connectivity index (χ0) is 17.8. The number of carbonyl (C=O) groups excluding carboxylic acids is 2. The molecule has 0 aliphatic carbocycles. The topological polar surface area (TPSA) is 58.6 Å². The molecule has 3 rings (SSSR count). The van der Waals surface area contributed by atoms with Crippen LogP contribution in [0.2, 0.25) is 0 Å². The zero-order valence-electron chi connectivity index (χ0n) is 14.5. The lowest BCUT2D eigenvalue weighted by molar-refractivity contribution is -0.132. The molecule has 1 aliphatic heterocycles. The fraction of sp³-hybridized carbons (Fsp3) is 0.368. The van der Waals surface area contributed by atoms with Crippen molar-refractivity contribution in [2.75, 3.05) is 19.7 Å². The van der Waals surface area contributed by atoms with Crippen LogP contribution < -0.4 is 10.1 Å². The van der Waals surface area contributed by atoms with Gasteiger partial charge in [-0.1, -0.05) is 0 Å². The molecule has 0 bridgehead atoms. The van der Waals surface area contributed by atoms with Gasteiger partial charge >= 0.3 is 0 Å². The van der Waals surface area contributed by atoms with Crippen molar-refractivity contribution < 1.29 is 14.3 Å². The quantitative estimate of drug-likeness (QED) is 0.894. The van der Waals surface area contributed by atoms with Crippen LogP contribution in [0.4, 0.5) is 0 Å². The monoisotopic (exact) mass is 358 g/mol. The van der Waals surface area contributed by atoms with E-state index in [0.29, 0.717) is 18.7 Å². The van der Waals surface area contributed by atoms with Crippen LogP contribution in [0.25, 0.3) is 0 Å². The Hall–Kier alpha value is -2.34. The fourth-order valence-electron chi connectivity index (χ4n) is 3.08. The fourth-order valence-corrected chi connectivity index (χ4v) is 4.04. The summed E-state index contributed by atoms with van der Waals surface area (Å²) in [5.41, 5.74) is 1.74. The van der Waals surface area contributed by atoms with Crippen LogP contribution in [0.5, 0.6) is 5.75 Å². The highest BCUT2D eigenvalue weighted by Crippen LogP contribution is 2.32. The number of nitrogens with one attached hydrogen (secondary N) is 1. The second-order valence-corrected chi connectivity index (χ2v) is 6.95. The number of amides is 2. The average Bonchev–Trinajstić information content (AvgIpc) is 3.10. The first-order chi connectivity index (χ1) is 12.1. The molecule has 2 heterocycles. The van der Waals surface area contributed by atoms with Gasteiger partial charge < -0.3 is 15.0 Å². The Bertz CT molecular complexity index is 754.